The molecule has 2 aromatic carbocycles. The van der Waals surface area contributed by atoms with Crippen LogP contribution in [0, 0.1) is 28.9 Å². The lowest BCUT2D eigenvalue weighted by Gasteiger charge is -2.34. The Labute approximate surface area is 182 Å². The Morgan fingerprint density at radius 2 is 2.06 bits per heavy atom. The lowest BCUT2D eigenvalue weighted by atomic mass is 9.82. The Bertz CT molecular complexity index is 1140. The summed E-state index contributed by atoms with van der Waals surface area (Å²) in [6.45, 7) is 1.70. The maximum atomic E-state index is 14.7. The van der Waals surface area contributed by atoms with Gasteiger partial charge in [0.25, 0.3) is 0 Å². The second-order valence-corrected chi connectivity index (χ2v) is 8.43. The highest BCUT2D eigenvalue weighted by atomic mass is 32.2. The van der Waals surface area contributed by atoms with Crippen LogP contribution >= 0.6 is 11.8 Å². The van der Waals surface area contributed by atoms with Gasteiger partial charge in [-0.15, -0.1) is 11.8 Å². The predicted octanol–water partition coefficient (Wildman–Crippen LogP) is 3.84. The van der Waals surface area contributed by atoms with E-state index in [1.54, 1.807) is 19.1 Å². The zero-order chi connectivity index (χ0) is 22.0. The number of hydrogen-bond donors (Lipinski definition) is 1. The molecule has 158 valence electrons. The van der Waals surface area contributed by atoms with E-state index in [1.807, 2.05) is 12.1 Å². The third-order valence-electron chi connectivity index (χ3n) is 5.45. The molecule has 0 amide bonds. The van der Waals surface area contributed by atoms with Crippen molar-refractivity contribution in [3.8, 4) is 6.07 Å². The first kappa shape index (κ1) is 21.2. The molecule has 1 aliphatic rings. The predicted molar refractivity (Wildman–Crippen MR) is 113 cm³/mol. The van der Waals surface area contributed by atoms with Gasteiger partial charge >= 0.3 is 0 Å². The summed E-state index contributed by atoms with van der Waals surface area (Å²) >= 11 is 1.49. The number of aliphatic hydroxyl groups is 1. The van der Waals surface area contributed by atoms with E-state index in [9.17, 15) is 13.9 Å². The highest BCUT2D eigenvalue weighted by Gasteiger charge is 2.43. The molecule has 3 atom stereocenters. The van der Waals surface area contributed by atoms with Crippen molar-refractivity contribution in [2.45, 2.75) is 25.1 Å². The average Bonchev–Trinajstić information content (AvgIpc) is 3.45. The SMILES string of the molecule is CC(C1=NC(c2ccc(C#N)cc2)CS1)C(O)(Cn1cncn1)c1ccc(F)cc1F. The number of rotatable bonds is 6. The van der Waals surface area contributed by atoms with Gasteiger partial charge in [-0.1, -0.05) is 25.1 Å². The summed E-state index contributed by atoms with van der Waals surface area (Å²) < 4.78 is 29.6. The zero-order valence-corrected chi connectivity index (χ0v) is 17.4. The maximum absolute atomic E-state index is 14.7. The van der Waals surface area contributed by atoms with E-state index in [0.717, 1.165) is 17.7 Å². The lowest BCUT2D eigenvalue weighted by molar-refractivity contribution is -0.0148. The van der Waals surface area contributed by atoms with Crippen LogP contribution in [0.25, 0.3) is 0 Å². The number of aromatic nitrogens is 3. The van der Waals surface area contributed by atoms with Crippen LogP contribution in [0.4, 0.5) is 8.78 Å². The molecule has 1 N–H and O–H groups in total. The number of benzene rings is 2. The fraction of sp³-hybridized carbons (Fsp3) is 0.273. The highest BCUT2D eigenvalue weighted by Crippen LogP contribution is 2.41. The van der Waals surface area contributed by atoms with Crippen molar-refractivity contribution in [2.75, 3.05) is 5.75 Å². The van der Waals surface area contributed by atoms with Gasteiger partial charge in [0.1, 0.15) is 29.9 Å². The molecule has 0 spiro atoms. The van der Waals surface area contributed by atoms with Gasteiger partial charge in [-0.2, -0.15) is 10.4 Å². The van der Waals surface area contributed by atoms with Crippen LogP contribution in [0.1, 0.15) is 29.7 Å². The molecule has 31 heavy (non-hydrogen) atoms. The molecule has 2 heterocycles. The Balaban J connectivity index is 1.68. The van der Waals surface area contributed by atoms with Crippen molar-refractivity contribution < 1.29 is 13.9 Å². The lowest BCUT2D eigenvalue weighted by Crippen LogP contribution is -2.42. The van der Waals surface area contributed by atoms with Gasteiger partial charge in [-0.05, 0) is 23.8 Å². The van der Waals surface area contributed by atoms with Crippen LogP contribution in [0.15, 0.2) is 60.1 Å². The molecule has 1 aromatic heterocycles. The van der Waals surface area contributed by atoms with Gasteiger partial charge in [0, 0.05) is 23.3 Å². The second kappa shape index (κ2) is 8.57. The number of aliphatic imine (C=N–C) groups is 1. The quantitative estimate of drug-likeness (QED) is 0.631. The number of thioether (sulfide) groups is 1. The molecule has 0 bridgehead atoms. The van der Waals surface area contributed by atoms with E-state index in [2.05, 4.69) is 16.2 Å². The summed E-state index contributed by atoms with van der Waals surface area (Å²) in [5, 5.41) is 25.4. The third kappa shape index (κ3) is 4.22. The Kier molecular flexibility index (Phi) is 5.85. The molecule has 3 unspecified atom stereocenters. The minimum absolute atomic E-state index is 0.0259. The molecule has 4 rings (SSSR count). The molecule has 0 radical (unpaired) electrons. The number of nitriles is 1. The van der Waals surface area contributed by atoms with E-state index < -0.39 is 23.2 Å². The summed E-state index contributed by atoms with van der Waals surface area (Å²) in [4.78, 5) is 8.66. The normalized spacial score (nSPS) is 18.8. The summed E-state index contributed by atoms with van der Waals surface area (Å²) in [7, 11) is 0. The molecular formula is C22H19F2N5OS. The van der Waals surface area contributed by atoms with Gasteiger partial charge in [-0.25, -0.2) is 18.4 Å². The van der Waals surface area contributed by atoms with Gasteiger partial charge in [-0.3, -0.25) is 4.99 Å². The van der Waals surface area contributed by atoms with Crippen LogP contribution in [-0.4, -0.2) is 30.7 Å². The van der Waals surface area contributed by atoms with Crippen molar-refractivity contribution in [2.24, 2.45) is 10.9 Å². The van der Waals surface area contributed by atoms with E-state index in [0.29, 0.717) is 16.4 Å². The van der Waals surface area contributed by atoms with Crippen molar-refractivity contribution in [3.63, 3.8) is 0 Å². The minimum Gasteiger partial charge on any atom is -0.382 e. The smallest absolute Gasteiger partial charge is 0.137 e. The van der Waals surface area contributed by atoms with E-state index in [1.165, 1.54) is 35.2 Å². The highest BCUT2D eigenvalue weighted by molar-refractivity contribution is 8.14. The number of halogens is 2. The van der Waals surface area contributed by atoms with Crippen LogP contribution in [-0.2, 0) is 12.1 Å². The standard InChI is InChI=1S/C22H19F2N5OS/c1-14(21-28-20(10-31-21)16-4-2-15(9-25)3-5-16)22(30,11-29-13-26-12-27-29)18-7-6-17(23)8-19(18)24/h2-8,12-14,20,30H,10-11H2,1H3. The Morgan fingerprint density at radius 1 is 1.29 bits per heavy atom. The first-order valence-corrected chi connectivity index (χ1v) is 10.6. The van der Waals surface area contributed by atoms with Crippen LogP contribution in [0.5, 0.6) is 0 Å². The molecule has 0 fully saturated rings. The van der Waals surface area contributed by atoms with E-state index in [-0.39, 0.29) is 18.2 Å². The van der Waals surface area contributed by atoms with Crippen molar-refractivity contribution in [1.82, 2.24) is 14.8 Å². The largest absolute Gasteiger partial charge is 0.382 e. The van der Waals surface area contributed by atoms with E-state index >= 15 is 0 Å². The topological polar surface area (TPSA) is 87.1 Å². The average molecular weight is 439 g/mol. The summed E-state index contributed by atoms with van der Waals surface area (Å²) in [6, 6.07) is 12.3. The Morgan fingerprint density at radius 3 is 2.71 bits per heavy atom. The summed E-state index contributed by atoms with van der Waals surface area (Å²) in [5.41, 5.74) is -0.221. The minimum atomic E-state index is -1.73. The van der Waals surface area contributed by atoms with Crippen molar-refractivity contribution >= 4 is 16.8 Å². The van der Waals surface area contributed by atoms with Gasteiger partial charge in [0.2, 0.25) is 0 Å². The van der Waals surface area contributed by atoms with Crippen molar-refractivity contribution in [3.05, 3.63) is 83.4 Å². The maximum Gasteiger partial charge on any atom is 0.137 e. The van der Waals surface area contributed by atoms with Crippen molar-refractivity contribution in [1.29, 1.82) is 5.26 Å². The van der Waals surface area contributed by atoms with Crippen LogP contribution in [0.2, 0.25) is 0 Å². The zero-order valence-electron chi connectivity index (χ0n) is 16.6. The molecule has 6 nitrogen and oxygen atoms in total. The first-order chi connectivity index (χ1) is 14.9. The summed E-state index contributed by atoms with van der Waals surface area (Å²) in [5.74, 6) is -1.48. The van der Waals surface area contributed by atoms with Gasteiger partial charge in [0.05, 0.1) is 29.3 Å². The van der Waals surface area contributed by atoms with E-state index in [4.69, 9.17) is 10.3 Å². The molecular weight excluding hydrogens is 420 g/mol. The molecule has 0 saturated heterocycles. The summed E-state index contributed by atoms with van der Waals surface area (Å²) in [6.07, 6.45) is 2.76. The molecule has 3 aromatic rings. The Hall–Kier alpha value is -3.09. The second-order valence-electron chi connectivity index (χ2n) is 7.39. The fourth-order valence-corrected chi connectivity index (χ4v) is 4.88. The molecule has 0 aliphatic carbocycles. The van der Waals surface area contributed by atoms with Crippen LogP contribution in [0.3, 0.4) is 0 Å². The number of hydrogen-bond acceptors (Lipinski definition) is 6. The molecule has 1 aliphatic heterocycles. The van der Waals surface area contributed by atoms with Crippen LogP contribution < -0.4 is 0 Å². The monoisotopic (exact) mass is 439 g/mol. The molecule has 9 heteroatoms. The van der Waals surface area contributed by atoms with Gasteiger partial charge < -0.3 is 5.11 Å². The molecule has 0 saturated carbocycles. The first-order valence-electron chi connectivity index (χ1n) is 9.61. The number of nitrogens with zero attached hydrogens (tertiary/aromatic N) is 5. The third-order valence-corrected chi connectivity index (χ3v) is 6.69. The fourth-order valence-electron chi connectivity index (χ4n) is 3.64. The van der Waals surface area contributed by atoms with Gasteiger partial charge in [0.15, 0.2) is 0 Å².